The van der Waals surface area contributed by atoms with Gasteiger partial charge in [0.1, 0.15) is 22.4 Å². The van der Waals surface area contributed by atoms with Crippen LogP contribution < -0.4 is 5.32 Å². The predicted molar refractivity (Wildman–Crippen MR) is 78.5 cm³/mol. The van der Waals surface area contributed by atoms with Crippen molar-refractivity contribution in [2.45, 2.75) is 26.9 Å². The second-order valence-corrected chi connectivity index (χ2v) is 5.43. The number of esters is 1. The Hall–Kier alpha value is -2.66. The number of hydrogen-bond acceptors (Lipinski definition) is 7. The van der Waals surface area contributed by atoms with Crippen LogP contribution in [0.5, 0.6) is 0 Å². The molecular formula is C14H13N3O4S. The van der Waals surface area contributed by atoms with Crippen LogP contribution in [0.3, 0.4) is 0 Å². The fraction of sp³-hybridized carbons (Fsp3) is 0.286. The maximum atomic E-state index is 12.0. The van der Waals surface area contributed by atoms with Crippen LogP contribution in [0, 0.1) is 25.2 Å². The molecule has 0 aromatic carbocycles. The van der Waals surface area contributed by atoms with Crippen LogP contribution in [0.15, 0.2) is 16.0 Å². The van der Waals surface area contributed by atoms with Gasteiger partial charge in [-0.2, -0.15) is 5.26 Å². The molecule has 2 heterocycles. The van der Waals surface area contributed by atoms with Crippen LogP contribution in [0.2, 0.25) is 0 Å². The first-order valence-electron chi connectivity index (χ1n) is 6.36. The Labute approximate surface area is 130 Å². The van der Waals surface area contributed by atoms with Gasteiger partial charge in [0.2, 0.25) is 0 Å². The third-order valence-electron chi connectivity index (χ3n) is 2.91. The van der Waals surface area contributed by atoms with Gasteiger partial charge >= 0.3 is 5.97 Å². The molecule has 0 fully saturated rings. The van der Waals surface area contributed by atoms with Crippen molar-refractivity contribution < 1.29 is 18.8 Å². The van der Waals surface area contributed by atoms with Gasteiger partial charge in [-0.15, -0.1) is 11.3 Å². The van der Waals surface area contributed by atoms with E-state index in [1.54, 1.807) is 25.3 Å². The summed E-state index contributed by atoms with van der Waals surface area (Å²) in [6.45, 7) is 4.65. The zero-order valence-corrected chi connectivity index (χ0v) is 13.0. The predicted octanol–water partition coefficient (Wildman–Crippen LogP) is 2.41. The number of nitrogens with one attached hydrogen (secondary N) is 1. The first-order valence-corrected chi connectivity index (χ1v) is 7.24. The number of aromatic nitrogens is 1. The normalized spacial score (nSPS) is 11.5. The van der Waals surface area contributed by atoms with Crippen molar-refractivity contribution >= 4 is 28.2 Å². The molecule has 0 aliphatic heterocycles. The second kappa shape index (κ2) is 6.41. The molecule has 7 nitrogen and oxygen atoms in total. The molecule has 1 atom stereocenters. The molecule has 0 aliphatic carbocycles. The number of nitrogens with zero attached hydrogens (tertiary/aromatic N) is 2. The number of rotatable bonds is 4. The van der Waals surface area contributed by atoms with Gasteiger partial charge in [-0.25, -0.2) is 4.79 Å². The second-order valence-electron chi connectivity index (χ2n) is 4.51. The maximum absolute atomic E-state index is 12.0. The Kier molecular flexibility index (Phi) is 4.58. The molecule has 2 aromatic rings. The minimum atomic E-state index is -1.02. The molecule has 0 radical (unpaired) electrons. The number of aryl methyl sites for hydroxylation is 2. The number of thiophene rings is 1. The van der Waals surface area contributed by atoms with Crippen molar-refractivity contribution in [1.82, 2.24) is 5.16 Å². The van der Waals surface area contributed by atoms with Crippen molar-refractivity contribution in [1.29, 1.82) is 5.26 Å². The molecule has 0 bridgehead atoms. The molecule has 114 valence electrons. The van der Waals surface area contributed by atoms with Crippen LogP contribution in [0.25, 0.3) is 0 Å². The van der Waals surface area contributed by atoms with E-state index in [1.807, 2.05) is 6.07 Å². The summed E-state index contributed by atoms with van der Waals surface area (Å²) in [6, 6.07) is 3.56. The Balaban J connectivity index is 2.03. The Morgan fingerprint density at radius 2 is 2.23 bits per heavy atom. The number of hydrogen-bond donors (Lipinski definition) is 1. The van der Waals surface area contributed by atoms with Crippen molar-refractivity contribution in [2.75, 3.05) is 5.32 Å². The number of anilines is 1. The first kappa shape index (κ1) is 15.7. The number of amides is 1. The van der Waals surface area contributed by atoms with E-state index in [0.717, 1.165) is 0 Å². The third-order valence-corrected chi connectivity index (χ3v) is 3.74. The van der Waals surface area contributed by atoms with Gasteiger partial charge in [-0.1, -0.05) is 5.16 Å². The number of ether oxygens (including phenoxy) is 1. The van der Waals surface area contributed by atoms with Crippen LogP contribution in [0.4, 0.5) is 5.00 Å². The van der Waals surface area contributed by atoms with Gasteiger partial charge in [-0.05, 0) is 32.2 Å². The Morgan fingerprint density at radius 1 is 1.50 bits per heavy atom. The highest BCUT2D eigenvalue weighted by Gasteiger charge is 2.24. The van der Waals surface area contributed by atoms with E-state index in [2.05, 4.69) is 10.5 Å². The van der Waals surface area contributed by atoms with E-state index in [-0.39, 0.29) is 5.56 Å². The highest BCUT2D eigenvalue weighted by molar-refractivity contribution is 7.14. The maximum Gasteiger partial charge on any atom is 0.344 e. The zero-order valence-electron chi connectivity index (χ0n) is 12.2. The number of nitriles is 1. The molecule has 0 saturated heterocycles. The summed E-state index contributed by atoms with van der Waals surface area (Å²) in [6.07, 6.45) is -1.02. The van der Waals surface area contributed by atoms with Crippen molar-refractivity contribution in [3.8, 4) is 6.07 Å². The summed E-state index contributed by atoms with van der Waals surface area (Å²) in [5.41, 5.74) is 0.983. The van der Waals surface area contributed by atoms with Crippen LogP contribution in [-0.4, -0.2) is 23.1 Å². The van der Waals surface area contributed by atoms with Crippen LogP contribution in [0.1, 0.15) is 34.3 Å². The summed E-state index contributed by atoms with van der Waals surface area (Å²) < 4.78 is 10.00. The van der Waals surface area contributed by atoms with Gasteiger partial charge in [0.05, 0.1) is 11.3 Å². The highest BCUT2D eigenvalue weighted by Crippen LogP contribution is 2.22. The zero-order chi connectivity index (χ0) is 16.3. The molecule has 1 amide bonds. The van der Waals surface area contributed by atoms with Gasteiger partial charge in [-0.3, -0.25) is 4.79 Å². The topological polar surface area (TPSA) is 105 Å². The van der Waals surface area contributed by atoms with Crippen molar-refractivity contribution in [3.05, 3.63) is 34.0 Å². The average molecular weight is 319 g/mol. The van der Waals surface area contributed by atoms with Gasteiger partial charge in [0.25, 0.3) is 5.91 Å². The molecule has 8 heteroatoms. The van der Waals surface area contributed by atoms with E-state index < -0.39 is 18.0 Å². The van der Waals surface area contributed by atoms with E-state index >= 15 is 0 Å². The Morgan fingerprint density at radius 3 is 2.82 bits per heavy atom. The van der Waals surface area contributed by atoms with E-state index in [1.165, 1.54) is 18.3 Å². The average Bonchev–Trinajstić information content (AvgIpc) is 3.05. The molecule has 2 rings (SSSR count). The fourth-order valence-electron chi connectivity index (χ4n) is 1.76. The summed E-state index contributed by atoms with van der Waals surface area (Å²) in [7, 11) is 0. The minimum Gasteiger partial charge on any atom is -0.449 e. The van der Waals surface area contributed by atoms with E-state index in [4.69, 9.17) is 14.5 Å². The summed E-state index contributed by atoms with van der Waals surface area (Å²) in [5.74, 6) is -0.857. The first-order chi connectivity index (χ1) is 10.4. The lowest BCUT2D eigenvalue weighted by atomic mass is 10.2. The number of carbonyl (C=O) groups excluding carboxylic acids is 2. The summed E-state index contributed by atoms with van der Waals surface area (Å²) in [5, 5.41) is 17.2. The molecule has 1 N–H and O–H groups in total. The lowest BCUT2D eigenvalue weighted by Gasteiger charge is -2.12. The van der Waals surface area contributed by atoms with Crippen LogP contribution >= 0.6 is 11.3 Å². The molecule has 0 spiro atoms. The summed E-state index contributed by atoms with van der Waals surface area (Å²) >= 11 is 1.22. The summed E-state index contributed by atoms with van der Waals surface area (Å²) in [4.78, 5) is 24.1. The smallest absolute Gasteiger partial charge is 0.344 e. The lowest BCUT2D eigenvalue weighted by molar-refractivity contribution is -0.123. The van der Waals surface area contributed by atoms with Gasteiger partial charge in [0, 0.05) is 0 Å². The van der Waals surface area contributed by atoms with Gasteiger partial charge < -0.3 is 14.6 Å². The largest absolute Gasteiger partial charge is 0.449 e. The van der Waals surface area contributed by atoms with E-state index in [0.29, 0.717) is 22.0 Å². The SMILES string of the molecule is Cc1noc(C)c1C(=O)O[C@@H](C)C(=O)Nc1sccc1C#N. The monoisotopic (exact) mass is 319 g/mol. The van der Waals surface area contributed by atoms with E-state index in [9.17, 15) is 9.59 Å². The van der Waals surface area contributed by atoms with Gasteiger partial charge in [0.15, 0.2) is 6.10 Å². The Bertz CT molecular complexity index is 737. The van der Waals surface area contributed by atoms with Crippen molar-refractivity contribution in [3.63, 3.8) is 0 Å². The molecule has 0 saturated carbocycles. The highest BCUT2D eigenvalue weighted by atomic mass is 32.1. The molecule has 0 unspecified atom stereocenters. The molecular weight excluding hydrogens is 306 g/mol. The van der Waals surface area contributed by atoms with Crippen molar-refractivity contribution in [2.24, 2.45) is 0 Å². The fourth-order valence-corrected chi connectivity index (χ4v) is 2.50. The molecule has 0 aliphatic rings. The molecule has 2 aromatic heterocycles. The molecule has 22 heavy (non-hydrogen) atoms. The number of carbonyl (C=O) groups is 2. The lowest BCUT2D eigenvalue weighted by Crippen LogP contribution is -2.30. The quantitative estimate of drug-likeness (QED) is 0.868. The standard InChI is InChI=1S/C14H13N3O4S/c1-7-11(8(2)21-17-7)14(19)20-9(3)12(18)16-13-10(6-15)4-5-22-13/h4-5,9H,1-3H3,(H,16,18)/t9-/m0/s1. The minimum absolute atomic E-state index is 0.216. The third kappa shape index (κ3) is 3.15. The van der Waals surface area contributed by atoms with Crippen LogP contribution in [-0.2, 0) is 9.53 Å².